The van der Waals surface area contributed by atoms with Crippen molar-refractivity contribution in [2.75, 3.05) is 4.90 Å². The lowest BCUT2D eigenvalue weighted by Crippen LogP contribution is -2.10. The minimum atomic E-state index is 0.484. The van der Waals surface area contributed by atoms with Crippen molar-refractivity contribution in [3.63, 3.8) is 0 Å². The molecule has 2 aromatic heterocycles. The van der Waals surface area contributed by atoms with Crippen LogP contribution in [-0.4, -0.2) is 14.7 Å². The van der Waals surface area contributed by atoms with Crippen LogP contribution in [-0.2, 0) is 0 Å². The molecule has 0 aliphatic rings. The Morgan fingerprint density at radius 2 is 0.943 bits per heavy atom. The van der Waals surface area contributed by atoms with Gasteiger partial charge in [-0.05, 0) is 101 Å². The predicted octanol–water partition coefficient (Wildman–Crippen LogP) is 12.8. The number of rotatable bonds is 7. The molecule has 0 aliphatic heterocycles. The quantitative estimate of drug-likeness (QED) is 0.168. The van der Waals surface area contributed by atoms with Crippen LogP contribution in [0.2, 0.25) is 0 Å². The van der Waals surface area contributed by atoms with Crippen LogP contribution in [0.3, 0.4) is 0 Å². The summed E-state index contributed by atoms with van der Waals surface area (Å²) in [4.78, 5) is 6.97. The van der Waals surface area contributed by atoms with Crippen LogP contribution in [0.4, 0.5) is 17.1 Å². The number of fused-ring (bicyclic) bond motifs is 4. The van der Waals surface area contributed by atoms with E-state index in [0.717, 1.165) is 33.9 Å². The van der Waals surface area contributed by atoms with E-state index in [1.165, 1.54) is 43.7 Å². The fraction of sp³-hybridized carbons (Fsp3) is 0. The highest BCUT2D eigenvalue weighted by molar-refractivity contribution is 6.09. The first-order valence-electron chi connectivity index (χ1n) is 17.7. The minimum absolute atomic E-state index is 0.484. The highest BCUT2D eigenvalue weighted by Gasteiger charge is 2.17. The molecule has 0 amide bonds. The summed E-state index contributed by atoms with van der Waals surface area (Å²) >= 11 is 0. The normalized spacial score (nSPS) is 11.4. The Morgan fingerprint density at radius 1 is 0.415 bits per heavy atom. The maximum atomic E-state index is 5.69. The van der Waals surface area contributed by atoms with Crippen LogP contribution in [0, 0.1) is 0 Å². The van der Waals surface area contributed by atoms with Crippen molar-refractivity contribution in [1.82, 2.24) is 14.7 Å². The summed E-state index contributed by atoms with van der Waals surface area (Å²) in [5, 5.41) is 9.20. The summed E-state index contributed by atoms with van der Waals surface area (Å²) in [6.45, 7) is 0. The molecule has 0 atom stereocenters. The molecular weight excluding hydrogens is 649 g/mol. The predicted molar refractivity (Wildman–Crippen MR) is 217 cm³/mol. The zero-order valence-electron chi connectivity index (χ0n) is 28.7. The molecule has 53 heavy (non-hydrogen) atoms. The molecule has 0 fully saturated rings. The second-order valence-corrected chi connectivity index (χ2v) is 13.2. The van der Waals surface area contributed by atoms with Gasteiger partial charge in [0.1, 0.15) is 0 Å². The fourth-order valence-corrected chi connectivity index (χ4v) is 7.37. The van der Waals surface area contributed by atoms with Crippen molar-refractivity contribution < 1.29 is 4.52 Å². The lowest BCUT2D eigenvalue weighted by Gasteiger charge is -2.26. The SMILES string of the molecule is c1ccc(-c2noc(-c3ccc(N(c4ccc(-c5ccc6ccccc6c5)cc4)c4ccc(-n5c6ccccc6c6ccccc65)cc4)cc3)n2)cc1. The smallest absolute Gasteiger partial charge is 0.258 e. The van der Waals surface area contributed by atoms with Crippen LogP contribution < -0.4 is 4.90 Å². The second kappa shape index (κ2) is 12.8. The summed E-state index contributed by atoms with van der Waals surface area (Å²) in [6.07, 6.45) is 0. The van der Waals surface area contributed by atoms with E-state index in [2.05, 4.69) is 171 Å². The average molecular weight is 681 g/mol. The number of aromatic nitrogens is 3. The van der Waals surface area contributed by atoms with Gasteiger partial charge < -0.3 is 14.0 Å². The van der Waals surface area contributed by atoms with E-state index in [1.807, 2.05) is 42.5 Å². The Bertz CT molecular complexity index is 2820. The molecule has 10 aromatic rings. The lowest BCUT2D eigenvalue weighted by atomic mass is 10.0. The average Bonchev–Trinajstić information content (AvgIpc) is 3.86. The molecule has 0 spiro atoms. The molecule has 0 saturated heterocycles. The van der Waals surface area contributed by atoms with Crippen molar-refractivity contribution in [2.45, 2.75) is 0 Å². The van der Waals surface area contributed by atoms with Crippen molar-refractivity contribution in [3.8, 4) is 39.7 Å². The number of nitrogens with zero attached hydrogens (tertiary/aromatic N) is 4. The molecule has 0 bridgehead atoms. The molecule has 5 nitrogen and oxygen atoms in total. The van der Waals surface area contributed by atoms with Gasteiger partial charge in [-0.3, -0.25) is 0 Å². The maximum Gasteiger partial charge on any atom is 0.258 e. The maximum absolute atomic E-state index is 5.69. The molecular formula is C48H32N4O. The zero-order chi connectivity index (χ0) is 35.1. The number of hydrogen-bond donors (Lipinski definition) is 0. The van der Waals surface area contributed by atoms with Gasteiger partial charge in [0.2, 0.25) is 5.82 Å². The van der Waals surface area contributed by atoms with Crippen LogP contribution in [0.5, 0.6) is 0 Å². The summed E-state index contributed by atoms with van der Waals surface area (Å²) in [5.41, 5.74) is 10.7. The molecule has 0 N–H and O–H groups in total. The van der Waals surface area contributed by atoms with E-state index in [1.54, 1.807) is 0 Å². The number of anilines is 3. The molecule has 250 valence electrons. The van der Waals surface area contributed by atoms with Gasteiger partial charge in [-0.2, -0.15) is 4.98 Å². The van der Waals surface area contributed by atoms with Gasteiger partial charge in [0.25, 0.3) is 5.89 Å². The molecule has 5 heteroatoms. The molecule has 0 saturated carbocycles. The monoisotopic (exact) mass is 680 g/mol. The van der Waals surface area contributed by atoms with E-state index < -0.39 is 0 Å². The van der Waals surface area contributed by atoms with Crippen LogP contribution >= 0.6 is 0 Å². The third-order valence-electron chi connectivity index (χ3n) is 9.98. The highest BCUT2D eigenvalue weighted by atomic mass is 16.5. The Labute approximate surface area is 306 Å². The first-order chi connectivity index (χ1) is 26.3. The van der Waals surface area contributed by atoms with Crippen LogP contribution in [0.25, 0.3) is 72.2 Å². The van der Waals surface area contributed by atoms with Crippen molar-refractivity contribution >= 4 is 49.6 Å². The number of benzene rings is 8. The third-order valence-corrected chi connectivity index (χ3v) is 9.98. The fourth-order valence-electron chi connectivity index (χ4n) is 7.37. The third kappa shape index (κ3) is 5.52. The molecule has 0 radical (unpaired) electrons. The first kappa shape index (κ1) is 30.6. The minimum Gasteiger partial charge on any atom is -0.334 e. The van der Waals surface area contributed by atoms with Gasteiger partial charge >= 0.3 is 0 Å². The molecule has 0 aliphatic carbocycles. The molecule has 0 unspecified atom stereocenters. The van der Waals surface area contributed by atoms with Gasteiger partial charge in [0.15, 0.2) is 0 Å². The summed E-state index contributed by atoms with van der Waals surface area (Å²) in [6, 6.07) is 68.2. The second-order valence-electron chi connectivity index (χ2n) is 13.2. The standard InChI is InChI=1S/C48H32N4O/c1-2-11-35(12-3-1)47-49-48(53-50-47)36-22-26-40(27-23-36)51(39-24-20-34(21-25-39)38-19-18-33-10-4-5-13-37(33)32-38)41-28-30-42(31-29-41)52-45-16-8-6-14-43(45)44-15-7-9-17-46(44)52/h1-32H. The van der Waals surface area contributed by atoms with Gasteiger partial charge in [-0.25, -0.2) is 0 Å². The van der Waals surface area contributed by atoms with Crippen LogP contribution in [0.1, 0.15) is 0 Å². The zero-order valence-corrected chi connectivity index (χ0v) is 28.7. The van der Waals surface area contributed by atoms with Crippen LogP contribution in [0.15, 0.2) is 199 Å². The van der Waals surface area contributed by atoms with E-state index in [0.29, 0.717) is 11.7 Å². The number of hydrogen-bond acceptors (Lipinski definition) is 4. The van der Waals surface area contributed by atoms with Gasteiger partial charge in [0, 0.05) is 44.6 Å². The van der Waals surface area contributed by atoms with Crippen molar-refractivity contribution in [3.05, 3.63) is 194 Å². The molecule has 2 heterocycles. The van der Waals surface area contributed by atoms with E-state index in [4.69, 9.17) is 4.52 Å². The van der Waals surface area contributed by atoms with Crippen molar-refractivity contribution in [2.24, 2.45) is 0 Å². The Morgan fingerprint density at radius 3 is 1.60 bits per heavy atom. The largest absolute Gasteiger partial charge is 0.334 e. The lowest BCUT2D eigenvalue weighted by molar-refractivity contribution is 0.432. The first-order valence-corrected chi connectivity index (χ1v) is 17.7. The van der Waals surface area contributed by atoms with Gasteiger partial charge in [0.05, 0.1) is 11.0 Å². The van der Waals surface area contributed by atoms with Gasteiger partial charge in [-0.1, -0.05) is 120 Å². The highest BCUT2D eigenvalue weighted by Crippen LogP contribution is 2.39. The molecule has 8 aromatic carbocycles. The Hall–Kier alpha value is -7.24. The molecule has 10 rings (SSSR count). The summed E-state index contributed by atoms with van der Waals surface area (Å²) in [7, 11) is 0. The van der Waals surface area contributed by atoms with Crippen molar-refractivity contribution in [1.29, 1.82) is 0 Å². The van der Waals surface area contributed by atoms with E-state index >= 15 is 0 Å². The topological polar surface area (TPSA) is 47.1 Å². The summed E-state index contributed by atoms with van der Waals surface area (Å²) < 4.78 is 8.04. The Balaban J connectivity index is 1.04. The van der Waals surface area contributed by atoms with Gasteiger partial charge in [-0.15, -0.1) is 0 Å². The summed E-state index contributed by atoms with van der Waals surface area (Å²) in [5.74, 6) is 1.05. The van der Waals surface area contributed by atoms with E-state index in [-0.39, 0.29) is 0 Å². The van der Waals surface area contributed by atoms with E-state index in [9.17, 15) is 0 Å². The number of para-hydroxylation sites is 2. The Kier molecular flexibility index (Phi) is 7.40.